The standard InChI is InChI=1S/C16H16F3N3O2/c1-9-6-10(24-22-9)8-20-15(23)21-14-7-12(14)11-4-2-3-5-13(11)16(17,18)19/h2-6,12,14H,7-8H2,1H3,(H2,20,21,23)/t12-,14+/m0/s1. The second-order valence-corrected chi connectivity index (χ2v) is 5.80. The number of nitrogens with zero attached hydrogens (tertiary/aromatic N) is 1. The Labute approximate surface area is 136 Å². The lowest BCUT2D eigenvalue weighted by atomic mass is 10.0. The van der Waals surface area contributed by atoms with E-state index in [0.29, 0.717) is 17.9 Å². The van der Waals surface area contributed by atoms with Crippen molar-refractivity contribution in [2.45, 2.75) is 38.0 Å². The van der Waals surface area contributed by atoms with E-state index in [1.807, 2.05) is 0 Å². The minimum atomic E-state index is -4.39. The molecule has 1 heterocycles. The number of hydrogen-bond donors (Lipinski definition) is 2. The van der Waals surface area contributed by atoms with Gasteiger partial charge < -0.3 is 15.2 Å². The van der Waals surface area contributed by atoms with E-state index in [9.17, 15) is 18.0 Å². The number of rotatable bonds is 4. The summed E-state index contributed by atoms with van der Waals surface area (Å²) in [6, 6.07) is 6.42. The Balaban J connectivity index is 1.55. The number of urea groups is 1. The first kappa shape index (κ1) is 16.4. The Morgan fingerprint density at radius 1 is 1.38 bits per heavy atom. The lowest BCUT2D eigenvalue weighted by Crippen LogP contribution is -2.36. The zero-order valence-electron chi connectivity index (χ0n) is 12.9. The highest BCUT2D eigenvalue weighted by atomic mass is 19.4. The molecule has 2 amide bonds. The van der Waals surface area contributed by atoms with Gasteiger partial charge in [-0.1, -0.05) is 23.4 Å². The first-order valence-corrected chi connectivity index (χ1v) is 7.47. The van der Waals surface area contributed by atoms with Crippen molar-refractivity contribution in [1.82, 2.24) is 15.8 Å². The largest absolute Gasteiger partial charge is 0.416 e. The van der Waals surface area contributed by atoms with Gasteiger partial charge in [0.1, 0.15) is 0 Å². The van der Waals surface area contributed by atoms with E-state index in [1.165, 1.54) is 12.1 Å². The molecule has 0 saturated heterocycles. The molecule has 0 spiro atoms. The van der Waals surface area contributed by atoms with Gasteiger partial charge in [0.25, 0.3) is 0 Å². The van der Waals surface area contributed by atoms with Crippen molar-refractivity contribution in [3.8, 4) is 0 Å². The fourth-order valence-electron chi connectivity index (χ4n) is 2.66. The average Bonchev–Trinajstić information content (AvgIpc) is 3.15. The fraction of sp³-hybridized carbons (Fsp3) is 0.375. The number of aryl methyl sites for hydroxylation is 1. The van der Waals surface area contributed by atoms with Gasteiger partial charge in [0.2, 0.25) is 0 Å². The van der Waals surface area contributed by atoms with Crippen LogP contribution in [0.1, 0.15) is 34.9 Å². The molecule has 128 valence electrons. The van der Waals surface area contributed by atoms with E-state index in [0.717, 1.165) is 6.07 Å². The van der Waals surface area contributed by atoms with Gasteiger partial charge in [0.15, 0.2) is 5.76 Å². The van der Waals surface area contributed by atoms with Crippen molar-refractivity contribution in [3.63, 3.8) is 0 Å². The quantitative estimate of drug-likeness (QED) is 0.898. The van der Waals surface area contributed by atoms with Crippen molar-refractivity contribution in [3.05, 3.63) is 52.9 Å². The Hall–Kier alpha value is -2.51. The second kappa shape index (κ2) is 6.18. The van der Waals surface area contributed by atoms with Gasteiger partial charge in [-0.25, -0.2) is 4.79 Å². The van der Waals surface area contributed by atoms with Crippen LogP contribution in [0.4, 0.5) is 18.0 Å². The Bertz CT molecular complexity index is 742. The summed E-state index contributed by atoms with van der Waals surface area (Å²) in [4.78, 5) is 11.8. The molecular weight excluding hydrogens is 323 g/mol. The summed E-state index contributed by atoms with van der Waals surface area (Å²) < 4.78 is 44.0. The SMILES string of the molecule is Cc1cc(CNC(=O)N[C@@H]2C[C@H]2c2ccccc2C(F)(F)F)on1. The van der Waals surface area contributed by atoms with Gasteiger partial charge in [0.05, 0.1) is 17.8 Å². The van der Waals surface area contributed by atoms with Crippen LogP contribution in [0.2, 0.25) is 0 Å². The Morgan fingerprint density at radius 3 is 2.79 bits per heavy atom. The maximum Gasteiger partial charge on any atom is 0.416 e. The summed E-state index contributed by atoms with van der Waals surface area (Å²) in [6.45, 7) is 1.93. The highest BCUT2D eigenvalue weighted by Gasteiger charge is 2.44. The van der Waals surface area contributed by atoms with Crippen LogP contribution >= 0.6 is 0 Å². The van der Waals surface area contributed by atoms with Crippen molar-refractivity contribution in [2.75, 3.05) is 0 Å². The number of carbonyl (C=O) groups excluding carboxylic acids is 1. The molecule has 1 aliphatic carbocycles. The Morgan fingerprint density at radius 2 is 2.12 bits per heavy atom. The van der Waals surface area contributed by atoms with Gasteiger partial charge in [-0.15, -0.1) is 0 Å². The molecule has 3 rings (SSSR count). The topological polar surface area (TPSA) is 67.2 Å². The van der Waals surface area contributed by atoms with Gasteiger partial charge in [-0.05, 0) is 25.0 Å². The Kier molecular flexibility index (Phi) is 4.21. The molecule has 24 heavy (non-hydrogen) atoms. The summed E-state index contributed by atoms with van der Waals surface area (Å²) in [7, 11) is 0. The lowest BCUT2D eigenvalue weighted by molar-refractivity contribution is -0.138. The molecule has 1 aromatic carbocycles. The molecule has 5 nitrogen and oxygen atoms in total. The number of alkyl halides is 3. The molecule has 2 atom stereocenters. The van der Waals surface area contributed by atoms with Crippen molar-refractivity contribution < 1.29 is 22.5 Å². The van der Waals surface area contributed by atoms with Crippen LogP contribution < -0.4 is 10.6 Å². The maximum absolute atomic E-state index is 13.0. The third kappa shape index (κ3) is 3.69. The van der Waals surface area contributed by atoms with Crippen molar-refractivity contribution in [2.24, 2.45) is 0 Å². The predicted octanol–water partition coefficient (Wildman–Crippen LogP) is 3.36. The smallest absolute Gasteiger partial charge is 0.359 e. The number of amides is 2. The molecule has 8 heteroatoms. The molecule has 0 unspecified atom stereocenters. The number of benzene rings is 1. The molecule has 0 bridgehead atoms. The third-order valence-electron chi connectivity index (χ3n) is 3.87. The van der Waals surface area contributed by atoms with Gasteiger partial charge in [-0.2, -0.15) is 13.2 Å². The van der Waals surface area contributed by atoms with E-state index in [1.54, 1.807) is 19.1 Å². The highest BCUT2D eigenvalue weighted by molar-refractivity contribution is 5.74. The van der Waals surface area contributed by atoms with Crippen molar-refractivity contribution in [1.29, 1.82) is 0 Å². The van der Waals surface area contributed by atoms with Crippen LogP contribution in [0, 0.1) is 6.92 Å². The molecule has 1 aliphatic rings. The van der Waals surface area contributed by atoms with E-state index in [2.05, 4.69) is 15.8 Å². The first-order valence-electron chi connectivity index (χ1n) is 7.47. The predicted molar refractivity (Wildman–Crippen MR) is 79.2 cm³/mol. The van der Waals surface area contributed by atoms with Gasteiger partial charge >= 0.3 is 12.2 Å². The van der Waals surface area contributed by atoms with E-state index in [-0.39, 0.29) is 24.1 Å². The number of aromatic nitrogens is 1. The van der Waals surface area contributed by atoms with Crippen LogP contribution in [-0.4, -0.2) is 17.2 Å². The fourth-order valence-corrected chi connectivity index (χ4v) is 2.66. The third-order valence-corrected chi connectivity index (χ3v) is 3.87. The number of nitrogens with one attached hydrogen (secondary N) is 2. The summed E-state index contributed by atoms with van der Waals surface area (Å²) in [5.41, 5.74) is 0.288. The lowest BCUT2D eigenvalue weighted by Gasteiger charge is -2.12. The zero-order valence-corrected chi connectivity index (χ0v) is 12.9. The average molecular weight is 339 g/mol. The number of halogens is 3. The second-order valence-electron chi connectivity index (χ2n) is 5.80. The molecule has 1 aromatic heterocycles. The van der Waals surface area contributed by atoms with Gasteiger partial charge in [0, 0.05) is 18.0 Å². The molecule has 0 aliphatic heterocycles. The molecule has 1 fully saturated rings. The van der Waals surface area contributed by atoms with E-state index >= 15 is 0 Å². The van der Waals surface area contributed by atoms with E-state index < -0.39 is 17.8 Å². The summed E-state index contributed by atoms with van der Waals surface area (Å²) in [5, 5.41) is 8.97. The minimum absolute atomic E-state index is 0.170. The van der Waals surface area contributed by atoms with Crippen LogP contribution in [0.25, 0.3) is 0 Å². The van der Waals surface area contributed by atoms with E-state index in [4.69, 9.17) is 4.52 Å². The van der Waals surface area contributed by atoms with Crippen LogP contribution in [0.5, 0.6) is 0 Å². The molecule has 0 radical (unpaired) electrons. The molecular formula is C16H16F3N3O2. The first-order chi connectivity index (χ1) is 11.3. The maximum atomic E-state index is 13.0. The molecule has 2 N–H and O–H groups in total. The van der Waals surface area contributed by atoms with Crippen molar-refractivity contribution >= 4 is 6.03 Å². The van der Waals surface area contributed by atoms with Crippen LogP contribution in [0.3, 0.4) is 0 Å². The minimum Gasteiger partial charge on any atom is -0.359 e. The normalized spacial score (nSPS) is 19.8. The summed E-state index contributed by atoms with van der Waals surface area (Å²) in [5.74, 6) is 0.193. The van der Waals surface area contributed by atoms with Gasteiger partial charge in [-0.3, -0.25) is 0 Å². The number of carbonyl (C=O) groups is 1. The molecule has 2 aromatic rings. The number of hydrogen-bond acceptors (Lipinski definition) is 3. The van der Waals surface area contributed by atoms with Crippen LogP contribution in [-0.2, 0) is 12.7 Å². The zero-order chi connectivity index (χ0) is 17.3. The van der Waals surface area contributed by atoms with Crippen LogP contribution in [0.15, 0.2) is 34.9 Å². The monoisotopic (exact) mass is 339 g/mol. The summed E-state index contributed by atoms with van der Waals surface area (Å²) in [6.07, 6.45) is -3.90. The highest BCUT2D eigenvalue weighted by Crippen LogP contribution is 2.46. The summed E-state index contributed by atoms with van der Waals surface area (Å²) >= 11 is 0. The molecule has 1 saturated carbocycles.